The van der Waals surface area contributed by atoms with Gasteiger partial charge in [-0.1, -0.05) is 63.9 Å². The molecule has 3 aromatic rings. The number of cyclic esters (lactones) is 1. The molecule has 3 aliphatic rings. The van der Waals surface area contributed by atoms with Gasteiger partial charge >= 0.3 is 5.97 Å². The third kappa shape index (κ3) is 3.98. The van der Waals surface area contributed by atoms with Crippen LogP contribution in [0.15, 0.2) is 48.5 Å². The van der Waals surface area contributed by atoms with Crippen LogP contribution in [0.25, 0.3) is 0 Å². The number of ether oxygens (including phenoxy) is 1. The lowest BCUT2D eigenvalue weighted by molar-refractivity contribution is 0.0247. The van der Waals surface area contributed by atoms with Crippen molar-refractivity contribution in [1.29, 1.82) is 0 Å². The van der Waals surface area contributed by atoms with Gasteiger partial charge in [0.1, 0.15) is 0 Å². The maximum Gasteiger partial charge on any atom is 0.340 e. The molecule has 4 nitrogen and oxygen atoms in total. The van der Waals surface area contributed by atoms with Crippen molar-refractivity contribution in [1.82, 2.24) is 0 Å². The van der Waals surface area contributed by atoms with Crippen LogP contribution in [0.1, 0.15) is 95.8 Å². The van der Waals surface area contributed by atoms with Crippen molar-refractivity contribution in [3.63, 3.8) is 0 Å². The third-order valence-corrected chi connectivity index (χ3v) is 9.37. The molecule has 3 heterocycles. The SMILES string of the molecule is CCCCN1CCc2c1ccc(C1(c3ccc4c(c3CC)CCN4CCCC)OC(=O)c3ccccc31)c2C. The van der Waals surface area contributed by atoms with Crippen molar-refractivity contribution in [3.05, 3.63) is 93.0 Å². The van der Waals surface area contributed by atoms with Gasteiger partial charge in [-0.25, -0.2) is 4.79 Å². The minimum atomic E-state index is -0.930. The minimum Gasteiger partial charge on any atom is -0.441 e. The summed E-state index contributed by atoms with van der Waals surface area (Å²) in [6, 6.07) is 17.2. The van der Waals surface area contributed by atoms with Crippen LogP contribution in [-0.4, -0.2) is 32.1 Å². The summed E-state index contributed by atoms with van der Waals surface area (Å²) >= 11 is 0. The molecule has 0 saturated carbocycles. The summed E-state index contributed by atoms with van der Waals surface area (Å²) in [5.41, 5.74) is 11.2. The van der Waals surface area contributed by atoms with E-state index in [9.17, 15) is 4.79 Å². The van der Waals surface area contributed by atoms with Gasteiger partial charge in [-0.3, -0.25) is 0 Å². The van der Waals surface area contributed by atoms with Gasteiger partial charge in [-0.2, -0.15) is 0 Å². The molecule has 0 bridgehead atoms. The van der Waals surface area contributed by atoms with Crippen LogP contribution in [0.2, 0.25) is 0 Å². The Labute approximate surface area is 234 Å². The molecule has 0 radical (unpaired) electrons. The van der Waals surface area contributed by atoms with Gasteiger partial charge in [0.2, 0.25) is 0 Å². The van der Waals surface area contributed by atoms with Crippen molar-refractivity contribution in [2.75, 3.05) is 36.0 Å². The van der Waals surface area contributed by atoms with Crippen LogP contribution in [0, 0.1) is 6.92 Å². The van der Waals surface area contributed by atoms with E-state index in [1.165, 1.54) is 59.3 Å². The van der Waals surface area contributed by atoms with Gasteiger partial charge in [0.25, 0.3) is 0 Å². The molecule has 0 aliphatic carbocycles. The zero-order valence-electron chi connectivity index (χ0n) is 24.1. The molecule has 0 aromatic heterocycles. The number of esters is 1. The average molecular weight is 523 g/mol. The highest BCUT2D eigenvalue weighted by Crippen LogP contribution is 2.52. The molecule has 0 saturated heterocycles. The first kappa shape index (κ1) is 26.0. The summed E-state index contributed by atoms with van der Waals surface area (Å²) in [5.74, 6) is -0.220. The van der Waals surface area contributed by atoms with Gasteiger partial charge in [0.05, 0.1) is 5.56 Å². The van der Waals surface area contributed by atoms with Crippen LogP contribution in [0.5, 0.6) is 0 Å². The minimum absolute atomic E-state index is 0.220. The molecular weight excluding hydrogens is 480 g/mol. The molecule has 0 amide bonds. The van der Waals surface area contributed by atoms with Crippen LogP contribution < -0.4 is 9.80 Å². The summed E-state index contributed by atoms with van der Waals surface area (Å²) < 4.78 is 6.65. The fraction of sp³-hybridized carbons (Fsp3) is 0.457. The summed E-state index contributed by atoms with van der Waals surface area (Å²) in [7, 11) is 0. The van der Waals surface area contributed by atoms with Gasteiger partial charge in [0, 0.05) is 54.2 Å². The number of nitrogens with zero attached hydrogens (tertiary/aromatic N) is 2. The fourth-order valence-corrected chi connectivity index (χ4v) is 7.38. The maximum absolute atomic E-state index is 13.5. The van der Waals surface area contributed by atoms with E-state index in [1.807, 2.05) is 12.1 Å². The second-order valence-electron chi connectivity index (χ2n) is 11.5. The first-order chi connectivity index (χ1) is 19.0. The fourth-order valence-electron chi connectivity index (χ4n) is 7.38. The van der Waals surface area contributed by atoms with Crippen LogP contribution in [0.3, 0.4) is 0 Å². The number of rotatable bonds is 9. The monoisotopic (exact) mass is 522 g/mol. The average Bonchev–Trinajstić information content (AvgIpc) is 3.65. The Balaban J connectivity index is 1.56. The van der Waals surface area contributed by atoms with E-state index in [0.717, 1.165) is 62.1 Å². The van der Waals surface area contributed by atoms with E-state index < -0.39 is 5.60 Å². The van der Waals surface area contributed by atoms with Crippen LogP contribution >= 0.6 is 0 Å². The Hall–Kier alpha value is -3.27. The molecule has 0 fully saturated rings. The lowest BCUT2D eigenvalue weighted by Gasteiger charge is -2.35. The van der Waals surface area contributed by atoms with Crippen molar-refractivity contribution < 1.29 is 9.53 Å². The molecule has 0 N–H and O–H groups in total. The number of carbonyl (C=O) groups excluding carboxylic acids is 1. The van der Waals surface area contributed by atoms with E-state index in [2.05, 4.69) is 73.9 Å². The number of anilines is 2. The molecule has 4 heteroatoms. The van der Waals surface area contributed by atoms with Gasteiger partial charge in [-0.15, -0.1) is 0 Å². The number of benzene rings is 3. The Bertz CT molecular complexity index is 1410. The molecule has 1 atom stereocenters. The van der Waals surface area contributed by atoms with Crippen molar-refractivity contribution in [2.45, 2.75) is 78.2 Å². The standard InChI is InChI=1S/C35H42N2O2/c1-5-8-20-36-22-18-26-24(4)29(14-16-32(26)36)35(30-13-11-10-12-28(30)34(38)39-35)31-15-17-33-27(25(31)7-3)19-23-37(33)21-9-6-2/h10-17H,5-9,18-23H2,1-4H3. The predicted molar refractivity (Wildman–Crippen MR) is 160 cm³/mol. The second kappa shape index (κ2) is 10.4. The predicted octanol–water partition coefficient (Wildman–Crippen LogP) is 7.34. The smallest absolute Gasteiger partial charge is 0.340 e. The Morgan fingerprint density at radius 2 is 1.38 bits per heavy atom. The largest absolute Gasteiger partial charge is 0.441 e. The lowest BCUT2D eigenvalue weighted by atomic mass is 9.74. The highest BCUT2D eigenvalue weighted by Gasteiger charge is 2.51. The molecule has 39 heavy (non-hydrogen) atoms. The zero-order valence-corrected chi connectivity index (χ0v) is 24.1. The Morgan fingerprint density at radius 1 is 0.769 bits per heavy atom. The summed E-state index contributed by atoms with van der Waals surface area (Å²) in [4.78, 5) is 18.6. The summed E-state index contributed by atoms with van der Waals surface area (Å²) in [6.45, 7) is 13.4. The molecular formula is C35H42N2O2. The van der Waals surface area contributed by atoms with Gasteiger partial charge < -0.3 is 14.5 Å². The molecule has 3 aliphatic heterocycles. The van der Waals surface area contributed by atoms with Crippen LogP contribution in [0.4, 0.5) is 11.4 Å². The number of fused-ring (bicyclic) bond motifs is 3. The summed E-state index contributed by atoms with van der Waals surface area (Å²) in [6.07, 6.45) is 7.83. The van der Waals surface area contributed by atoms with Gasteiger partial charge in [0.15, 0.2) is 5.60 Å². The van der Waals surface area contributed by atoms with E-state index in [1.54, 1.807) is 0 Å². The van der Waals surface area contributed by atoms with E-state index in [-0.39, 0.29) is 5.97 Å². The van der Waals surface area contributed by atoms with Crippen molar-refractivity contribution in [2.24, 2.45) is 0 Å². The molecule has 3 aromatic carbocycles. The number of hydrogen-bond donors (Lipinski definition) is 0. The molecule has 204 valence electrons. The zero-order chi connectivity index (χ0) is 27.1. The topological polar surface area (TPSA) is 32.8 Å². The molecule has 1 unspecified atom stereocenters. The molecule has 0 spiro atoms. The van der Waals surface area contributed by atoms with Crippen molar-refractivity contribution in [3.8, 4) is 0 Å². The quantitative estimate of drug-likeness (QED) is 0.275. The maximum atomic E-state index is 13.5. The first-order valence-corrected chi connectivity index (χ1v) is 15.2. The second-order valence-corrected chi connectivity index (χ2v) is 11.5. The normalized spacial score (nSPS) is 19.3. The van der Waals surface area contributed by atoms with E-state index >= 15 is 0 Å². The van der Waals surface area contributed by atoms with E-state index in [0.29, 0.717) is 5.56 Å². The van der Waals surface area contributed by atoms with Gasteiger partial charge in [-0.05, 0) is 79.5 Å². The number of hydrogen-bond acceptors (Lipinski definition) is 4. The first-order valence-electron chi connectivity index (χ1n) is 15.2. The highest BCUT2D eigenvalue weighted by atomic mass is 16.6. The highest BCUT2D eigenvalue weighted by molar-refractivity contribution is 5.96. The van der Waals surface area contributed by atoms with Crippen LogP contribution in [-0.2, 0) is 29.6 Å². The number of carbonyl (C=O) groups is 1. The third-order valence-electron chi connectivity index (χ3n) is 9.37. The lowest BCUT2D eigenvalue weighted by Crippen LogP contribution is -2.32. The Kier molecular flexibility index (Phi) is 6.91. The summed E-state index contributed by atoms with van der Waals surface area (Å²) in [5, 5.41) is 0. The van der Waals surface area contributed by atoms with E-state index in [4.69, 9.17) is 4.74 Å². The Morgan fingerprint density at radius 3 is 2.05 bits per heavy atom. The number of unbranched alkanes of at least 4 members (excludes halogenated alkanes) is 2. The molecule has 6 rings (SSSR count). The van der Waals surface area contributed by atoms with Crippen molar-refractivity contribution >= 4 is 17.3 Å².